The second-order valence-electron chi connectivity index (χ2n) is 15.6. The van der Waals surface area contributed by atoms with E-state index in [9.17, 15) is 0 Å². The van der Waals surface area contributed by atoms with Crippen LogP contribution in [0.5, 0.6) is 0 Å². The van der Waals surface area contributed by atoms with Crippen molar-refractivity contribution in [2.75, 3.05) is 0 Å². The Morgan fingerprint density at radius 3 is 1.32 bits per heavy atom. The minimum absolute atomic E-state index is 0.795. The molecule has 302 valence electrons. The first-order chi connectivity index (χ1) is 30.3. The molecule has 4 heteroatoms. The van der Waals surface area contributed by atoms with Crippen molar-refractivity contribution in [1.82, 2.24) is 0 Å². The molecule has 1 aliphatic rings. The van der Waals surface area contributed by atoms with Crippen LogP contribution in [-0.4, -0.2) is 9.52 Å². The average Bonchev–Trinajstić information content (AvgIpc) is 4.01. The van der Waals surface area contributed by atoms with Crippen molar-refractivity contribution in [3.05, 3.63) is 229 Å². The molecule has 11 rings (SSSR count). The summed E-state index contributed by atoms with van der Waals surface area (Å²) in [7, 11) is 10.7. The molecule has 0 N–H and O–H groups in total. The minimum Gasteiger partial charge on any atom is -0.184 e. The molecule has 10 aromatic rings. The summed E-state index contributed by atoms with van der Waals surface area (Å²) in [6.07, 6.45) is 0. The molecule has 62 heavy (non-hydrogen) atoms. The molecule has 0 fully saturated rings. The second kappa shape index (κ2) is 20.2. The van der Waals surface area contributed by atoms with Crippen LogP contribution in [0.1, 0.15) is 22.3 Å². The van der Waals surface area contributed by atoms with Crippen LogP contribution in [0.25, 0.3) is 77.2 Å². The Morgan fingerprint density at radius 2 is 0.839 bits per heavy atom. The molecule has 0 spiro atoms. The largest absolute Gasteiger partial charge is 0.184 e. The van der Waals surface area contributed by atoms with Gasteiger partial charge in [-0.3, -0.25) is 0 Å². The molecule has 0 unspecified atom stereocenters. The maximum absolute atomic E-state index is 4.93. The van der Waals surface area contributed by atoms with Gasteiger partial charge in [0.1, 0.15) is 0 Å². The van der Waals surface area contributed by atoms with Gasteiger partial charge in [0.15, 0.2) is 0 Å². The van der Waals surface area contributed by atoms with E-state index in [0.29, 0.717) is 0 Å². The molecule has 10 aromatic carbocycles. The van der Waals surface area contributed by atoms with Crippen LogP contribution < -0.4 is 10.4 Å². The zero-order chi connectivity index (χ0) is 43.0. The zero-order valence-corrected chi connectivity index (χ0v) is 40.3. The van der Waals surface area contributed by atoms with Gasteiger partial charge in [-0.05, 0) is 47.2 Å². The van der Waals surface area contributed by atoms with Crippen molar-refractivity contribution in [3.8, 4) is 55.6 Å². The minimum atomic E-state index is -0.826. The third-order valence-corrected chi connectivity index (χ3v) is 12.7. The third kappa shape index (κ3) is 9.51. The Kier molecular flexibility index (Phi) is 14.1. The molecule has 0 saturated carbocycles. The first-order valence-corrected chi connectivity index (χ1v) is 28.1. The van der Waals surface area contributed by atoms with Crippen molar-refractivity contribution >= 4 is 58.5 Å². The Balaban J connectivity index is 0.000000128. The van der Waals surface area contributed by atoms with Gasteiger partial charge < -0.3 is 0 Å². The zero-order valence-electron chi connectivity index (χ0n) is 35.3. The van der Waals surface area contributed by atoms with Gasteiger partial charge in [-0.1, -0.05) is 180 Å². The maximum atomic E-state index is 4.93. The van der Waals surface area contributed by atoms with Gasteiger partial charge in [-0.2, -0.15) is 41.6 Å². The standard InChI is InChI=1S/2C23H19.C12H7Si.2ClH.Zr/c2*1-16-14-19-13-12-17(2)23(22(19)15-16)21-11-7-6-10-20(21)18-8-4-3-5-9-18;1-3-7-11-9(5-1)10-6-2-4-8-12(10)13-11;;;/h2*3-15H,1-2H3;1-7H;2*1H;/q3*-1;;;+2/p-2. The molecular weight excluding hydrogens is 887 g/mol. The summed E-state index contributed by atoms with van der Waals surface area (Å²) in [4.78, 5) is 0. The molecular formula is C58H45Cl2SiZr-3. The van der Waals surface area contributed by atoms with E-state index in [-0.39, 0.29) is 0 Å². The molecule has 0 bridgehead atoms. The van der Waals surface area contributed by atoms with Crippen LogP contribution in [0, 0.1) is 33.8 Å². The van der Waals surface area contributed by atoms with Crippen LogP contribution in [0.4, 0.5) is 0 Å². The summed E-state index contributed by atoms with van der Waals surface area (Å²) in [5, 5.41) is 8.18. The summed E-state index contributed by atoms with van der Waals surface area (Å²) >= 11 is -0.826. The van der Waals surface area contributed by atoms with Crippen molar-refractivity contribution in [3.63, 3.8) is 0 Å². The maximum Gasteiger partial charge on any atom is 0.0920 e. The average molecular weight is 932 g/mol. The summed E-state index contributed by atoms with van der Waals surface area (Å²) in [5.41, 5.74) is 18.5. The van der Waals surface area contributed by atoms with E-state index in [1.807, 2.05) is 6.07 Å². The fourth-order valence-electron chi connectivity index (χ4n) is 8.66. The molecule has 1 aliphatic heterocycles. The number of aryl methyl sites for hydroxylation is 4. The van der Waals surface area contributed by atoms with Crippen molar-refractivity contribution in [2.45, 2.75) is 27.7 Å². The molecule has 0 aromatic heterocycles. The summed E-state index contributed by atoms with van der Waals surface area (Å²) in [6, 6.07) is 75.0. The van der Waals surface area contributed by atoms with Crippen LogP contribution in [0.3, 0.4) is 0 Å². The molecule has 0 saturated heterocycles. The first kappa shape index (κ1) is 43.3. The normalized spacial score (nSPS) is 11.0. The topological polar surface area (TPSA) is 0 Å². The van der Waals surface area contributed by atoms with E-state index >= 15 is 0 Å². The Bertz CT molecular complexity index is 2880. The second-order valence-corrected chi connectivity index (χ2v) is 20.6. The van der Waals surface area contributed by atoms with Crippen LogP contribution in [0.15, 0.2) is 200 Å². The van der Waals surface area contributed by atoms with E-state index < -0.39 is 20.8 Å². The molecule has 0 nitrogen and oxygen atoms in total. The SMILES string of the molecule is Cc1cc2c(-c3ccccc3-c3ccccc3)c(C)ccc2[cH-]1.Cc1cc2c(-c3ccccc3-c3ccccc3)c(C)ccc2[cH-]1.[Cl][Zr][Cl].[c-]1cccc2c1[Si]c1ccccc1-2. The van der Waals surface area contributed by atoms with Gasteiger partial charge in [-0.15, -0.1) is 74.6 Å². The Morgan fingerprint density at radius 1 is 0.435 bits per heavy atom. The predicted molar refractivity (Wildman–Crippen MR) is 267 cm³/mol. The van der Waals surface area contributed by atoms with Crippen molar-refractivity contribution in [2.24, 2.45) is 0 Å². The summed E-state index contributed by atoms with van der Waals surface area (Å²) in [6.45, 7) is 8.75. The first-order valence-electron chi connectivity index (χ1n) is 20.8. The van der Waals surface area contributed by atoms with Crippen molar-refractivity contribution in [1.29, 1.82) is 0 Å². The Hall–Kier alpha value is -5.34. The number of hydrogen-bond acceptors (Lipinski definition) is 0. The van der Waals surface area contributed by atoms with Gasteiger partial charge in [0.25, 0.3) is 0 Å². The van der Waals surface area contributed by atoms with Gasteiger partial charge in [0, 0.05) is 0 Å². The number of halogens is 2. The molecule has 2 radical (unpaired) electrons. The van der Waals surface area contributed by atoms with Gasteiger partial charge in [0.05, 0.1) is 9.52 Å². The monoisotopic (exact) mass is 929 g/mol. The summed E-state index contributed by atoms with van der Waals surface area (Å²) < 4.78 is 0. The molecule has 1 heterocycles. The molecule has 0 aliphatic carbocycles. The Labute approximate surface area is 388 Å². The summed E-state index contributed by atoms with van der Waals surface area (Å²) in [5.74, 6) is 0. The van der Waals surface area contributed by atoms with E-state index in [0.717, 1.165) is 9.52 Å². The van der Waals surface area contributed by atoms with Gasteiger partial charge in [-0.25, -0.2) is 0 Å². The van der Waals surface area contributed by atoms with Crippen molar-refractivity contribution < 1.29 is 20.8 Å². The number of benzene rings is 8. The van der Waals surface area contributed by atoms with E-state index in [2.05, 4.69) is 228 Å². The smallest absolute Gasteiger partial charge is 0.0920 e. The van der Waals surface area contributed by atoms with E-state index in [4.69, 9.17) is 17.0 Å². The number of rotatable bonds is 4. The quantitative estimate of drug-likeness (QED) is 0.122. The van der Waals surface area contributed by atoms with Gasteiger partial charge in [0.2, 0.25) is 0 Å². The van der Waals surface area contributed by atoms with Crippen LogP contribution in [-0.2, 0) is 20.8 Å². The van der Waals surface area contributed by atoms with E-state index in [1.54, 1.807) is 0 Å². The van der Waals surface area contributed by atoms with Crippen LogP contribution >= 0.6 is 17.0 Å². The number of fused-ring (bicyclic) bond motifs is 5. The molecule has 0 atom stereocenters. The third-order valence-electron chi connectivity index (χ3n) is 11.4. The number of hydrogen-bond donors (Lipinski definition) is 0. The van der Waals surface area contributed by atoms with E-state index in [1.165, 1.54) is 110 Å². The fraction of sp³-hybridized carbons (Fsp3) is 0.0690. The predicted octanol–water partition coefficient (Wildman–Crippen LogP) is 15.5. The van der Waals surface area contributed by atoms with Gasteiger partial charge >= 0.3 is 37.9 Å². The molecule has 0 amide bonds. The van der Waals surface area contributed by atoms with Crippen LogP contribution in [0.2, 0.25) is 0 Å². The fourth-order valence-corrected chi connectivity index (χ4v) is 9.97.